The molecule has 0 bridgehead atoms. The summed E-state index contributed by atoms with van der Waals surface area (Å²) in [6.07, 6.45) is 1.60. The highest BCUT2D eigenvalue weighted by atomic mass is 16.5. The van der Waals surface area contributed by atoms with Gasteiger partial charge in [0.1, 0.15) is 0 Å². The van der Waals surface area contributed by atoms with Crippen LogP contribution < -0.4 is 4.74 Å². The Morgan fingerprint density at radius 1 is 1.50 bits per heavy atom. The van der Waals surface area contributed by atoms with E-state index in [1.165, 1.54) is 0 Å². The van der Waals surface area contributed by atoms with Crippen molar-refractivity contribution in [3.63, 3.8) is 0 Å². The van der Waals surface area contributed by atoms with Crippen LogP contribution in [0.4, 0.5) is 0 Å². The van der Waals surface area contributed by atoms with Gasteiger partial charge in [0.15, 0.2) is 0 Å². The van der Waals surface area contributed by atoms with E-state index in [0.29, 0.717) is 18.5 Å². The van der Waals surface area contributed by atoms with Crippen LogP contribution >= 0.6 is 0 Å². The molecule has 0 radical (unpaired) electrons. The van der Waals surface area contributed by atoms with Crippen LogP contribution in [0.3, 0.4) is 0 Å². The fourth-order valence-corrected chi connectivity index (χ4v) is 0.937. The predicted molar refractivity (Wildman–Crippen MR) is 53.0 cm³/mol. The number of nitrogens with zero attached hydrogens (tertiary/aromatic N) is 2. The van der Waals surface area contributed by atoms with Crippen molar-refractivity contribution in [2.75, 3.05) is 6.61 Å². The first-order chi connectivity index (χ1) is 6.63. The predicted octanol–water partition coefficient (Wildman–Crippen LogP) is 1.31. The van der Waals surface area contributed by atoms with E-state index in [4.69, 9.17) is 9.84 Å². The lowest BCUT2D eigenvalue weighted by Crippen LogP contribution is -2.08. The zero-order valence-electron chi connectivity index (χ0n) is 8.82. The number of hydrogen-bond donors (Lipinski definition) is 1. The van der Waals surface area contributed by atoms with E-state index in [2.05, 4.69) is 23.8 Å². The lowest BCUT2D eigenvalue weighted by Gasteiger charge is -2.08. The molecule has 4 heteroatoms. The van der Waals surface area contributed by atoms with E-state index in [1.54, 1.807) is 6.20 Å². The van der Waals surface area contributed by atoms with Gasteiger partial charge in [-0.3, -0.25) is 0 Å². The molecule has 0 aliphatic rings. The van der Waals surface area contributed by atoms with Gasteiger partial charge in [0, 0.05) is 11.8 Å². The Kier molecular flexibility index (Phi) is 3.83. The lowest BCUT2D eigenvalue weighted by molar-refractivity contribution is 0.247. The quantitative estimate of drug-likeness (QED) is 0.789. The van der Waals surface area contributed by atoms with Crippen molar-refractivity contribution in [2.45, 2.75) is 27.4 Å². The van der Waals surface area contributed by atoms with Crippen LogP contribution in [0.25, 0.3) is 0 Å². The third-order valence-corrected chi connectivity index (χ3v) is 1.78. The second-order valence-electron chi connectivity index (χ2n) is 3.63. The van der Waals surface area contributed by atoms with Gasteiger partial charge in [0.25, 0.3) is 0 Å². The summed E-state index contributed by atoms with van der Waals surface area (Å²) >= 11 is 0. The average molecular weight is 196 g/mol. The third-order valence-electron chi connectivity index (χ3n) is 1.78. The molecule has 0 unspecified atom stereocenters. The van der Waals surface area contributed by atoms with E-state index < -0.39 is 0 Å². The minimum Gasteiger partial charge on any atom is -0.463 e. The summed E-state index contributed by atoms with van der Waals surface area (Å²) in [6, 6.07) is 0.383. The van der Waals surface area contributed by atoms with Crippen LogP contribution in [0.5, 0.6) is 6.01 Å². The van der Waals surface area contributed by atoms with Crippen LogP contribution in [0, 0.1) is 12.8 Å². The number of hydrogen-bond acceptors (Lipinski definition) is 4. The lowest BCUT2D eigenvalue weighted by atomic mass is 10.2. The van der Waals surface area contributed by atoms with Crippen LogP contribution in [-0.2, 0) is 6.61 Å². The molecule has 1 N–H and O–H groups in total. The van der Waals surface area contributed by atoms with Crippen LogP contribution in [0.15, 0.2) is 6.20 Å². The minimum atomic E-state index is -0.0315. The zero-order chi connectivity index (χ0) is 10.6. The Morgan fingerprint density at radius 3 is 2.71 bits per heavy atom. The molecular weight excluding hydrogens is 180 g/mol. The number of rotatable bonds is 4. The summed E-state index contributed by atoms with van der Waals surface area (Å²) in [6.45, 7) is 6.54. The smallest absolute Gasteiger partial charge is 0.316 e. The highest BCUT2D eigenvalue weighted by Gasteiger charge is 2.03. The molecule has 1 heterocycles. The summed E-state index contributed by atoms with van der Waals surface area (Å²) < 4.78 is 5.34. The molecule has 0 fully saturated rings. The van der Waals surface area contributed by atoms with Gasteiger partial charge in [-0.05, 0) is 12.8 Å². The molecule has 0 aromatic carbocycles. The van der Waals surface area contributed by atoms with Crippen LogP contribution in [0.1, 0.15) is 25.1 Å². The van der Waals surface area contributed by atoms with E-state index in [1.807, 2.05) is 6.92 Å². The van der Waals surface area contributed by atoms with Crippen molar-refractivity contribution in [2.24, 2.45) is 5.92 Å². The largest absolute Gasteiger partial charge is 0.463 e. The SMILES string of the molecule is Cc1nc(OCC(C)C)ncc1CO. The summed E-state index contributed by atoms with van der Waals surface area (Å²) in [7, 11) is 0. The van der Waals surface area contributed by atoms with Gasteiger partial charge in [0.2, 0.25) is 0 Å². The molecule has 0 aliphatic heterocycles. The second kappa shape index (κ2) is 4.91. The fraction of sp³-hybridized carbons (Fsp3) is 0.600. The van der Waals surface area contributed by atoms with E-state index in [0.717, 1.165) is 11.3 Å². The molecule has 0 atom stereocenters. The monoisotopic (exact) mass is 196 g/mol. The molecule has 0 aliphatic carbocycles. The molecule has 4 nitrogen and oxygen atoms in total. The highest BCUT2D eigenvalue weighted by molar-refractivity contribution is 5.16. The number of aromatic nitrogens is 2. The fourth-order valence-electron chi connectivity index (χ4n) is 0.937. The second-order valence-corrected chi connectivity index (χ2v) is 3.63. The standard InChI is InChI=1S/C10H16N2O2/c1-7(2)6-14-10-11-4-9(5-13)8(3)12-10/h4,7,13H,5-6H2,1-3H3. The van der Waals surface area contributed by atoms with Crippen molar-refractivity contribution in [3.8, 4) is 6.01 Å². The van der Waals surface area contributed by atoms with Crippen molar-refractivity contribution in [1.82, 2.24) is 9.97 Å². The Balaban J connectivity index is 2.66. The molecule has 0 amide bonds. The number of ether oxygens (including phenoxy) is 1. The van der Waals surface area contributed by atoms with Crippen molar-refractivity contribution < 1.29 is 9.84 Å². The molecule has 1 aromatic heterocycles. The topological polar surface area (TPSA) is 55.2 Å². The third kappa shape index (κ3) is 2.96. The van der Waals surface area contributed by atoms with Crippen molar-refractivity contribution in [3.05, 3.63) is 17.5 Å². The summed E-state index contributed by atoms with van der Waals surface area (Å²) in [4.78, 5) is 8.11. The van der Waals surface area contributed by atoms with E-state index in [9.17, 15) is 0 Å². The Bertz CT molecular complexity index is 300. The molecule has 1 aromatic rings. The molecule has 1 rings (SSSR count). The zero-order valence-corrected chi connectivity index (χ0v) is 8.82. The number of aliphatic hydroxyl groups is 1. The van der Waals surface area contributed by atoms with Gasteiger partial charge >= 0.3 is 6.01 Å². The summed E-state index contributed by atoms with van der Waals surface area (Å²) in [5.41, 5.74) is 1.50. The van der Waals surface area contributed by atoms with Crippen molar-refractivity contribution in [1.29, 1.82) is 0 Å². The average Bonchev–Trinajstić information content (AvgIpc) is 2.15. The van der Waals surface area contributed by atoms with Crippen LogP contribution in [0.2, 0.25) is 0 Å². The van der Waals surface area contributed by atoms with Gasteiger partial charge in [-0.1, -0.05) is 13.8 Å². The van der Waals surface area contributed by atoms with Crippen LogP contribution in [-0.4, -0.2) is 21.7 Å². The van der Waals surface area contributed by atoms with Gasteiger partial charge in [-0.15, -0.1) is 0 Å². The van der Waals surface area contributed by atoms with Gasteiger partial charge in [0.05, 0.1) is 18.9 Å². The van der Waals surface area contributed by atoms with Gasteiger partial charge < -0.3 is 9.84 Å². The molecule has 0 spiro atoms. The summed E-state index contributed by atoms with van der Waals surface area (Å²) in [5, 5.41) is 8.91. The van der Waals surface area contributed by atoms with E-state index in [-0.39, 0.29) is 6.61 Å². The molecular formula is C10H16N2O2. The number of aryl methyl sites for hydroxylation is 1. The normalized spacial score (nSPS) is 10.6. The first-order valence-corrected chi connectivity index (χ1v) is 4.69. The maximum absolute atomic E-state index is 8.91. The first kappa shape index (κ1) is 10.9. The van der Waals surface area contributed by atoms with Gasteiger partial charge in [-0.2, -0.15) is 0 Å². The molecule has 78 valence electrons. The molecule has 0 saturated heterocycles. The Labute approximate surface area is 84.0 Å². The summed E-state index contributed by atoms with van der Waals surface area (Å²) in [5.74, 6) is 0.455. The maximum Gasteiger partial charge on any atom is 0.316 e. The Morgan fingerprint density at radius 2 is 2.21 bits per heavy atom. The minimum absolute atomic E-state index is 0.0315. The maximum atomic E-state index is 8.91. The van der Waals surface area contributed by atoms with Crippen molar-refractivity contribution >= 4 is 0 Å². The first-order valence-electron chi connectivity index (χ1n) is 4.69. The van der Waals surface area contributed by atoms with E-state index >= 15 is 0 Å². The number of aliphatic hydroxyl groups excluding tert-OH is 1. The Hall–Kier alpha value is -1.16. The van der Waals surface area contributed by atoms with Gasteiger partial charge in [-0.25, -0.2) is 9.97 Å². The molecule has 0 saturated carbocycles. The molecule has 14 heavy (non-hydrogen) atoms. The highest BCUT2D eigenvalue weighted by Crippen LogP contribution is 2.09.